The number of halogens is 2. The molecular formula is C20H20BrClN2S. The Balaban J connectivity index is 0.00000225. The second kappa shape index (κ2) is 8.65. The van der Waals surface area contributed by atoms with Crippen LogP contribution in [0, 0.1) is 13.8 Å². The number of allylic oxidation sites excluding steroid dienone is 1. The average molecular weight is 436 g/mol. The molecule has 0 saturated heterocycles. The summed E-state index contributed by atoms with van der Waals surface area (Å²) in [6, 6.07) is 14.2. The van der Waals surface area contributed by atoms with E-state index in [1.807, 2.05) is 30.3 Å². The van der Waals surface area contributed by atoms with Crippen LogP contribution in [0.25, 0.3) is 11.3 Å². The molecule has 1 aromatic heterocycles. The molecule has 0 atom stereocenters. The smallest absolute Gasteiger partial charge is 0.190 e. The van der Waals surface area contributed by atoms with Crippen LogP contribution >= 0.6 is 39.9 Å². The van der Waals surface area contributed by atoms with Gasteiger partial charge in [0.1, 0.15) is 0 Å². The molecule has 0 unspecified atom stereocenters. The van der Waals surface area contributed by atoms with E-state index in [0.29, 0.717) is 6.54 Å². The molecule has 3 aromatic rings. The van der Waals surface area contributed by atoms with Gasteiger partial charge in [0.05, 0.1) is 11.4 Å². The molecule has 0 aliphatic heterocycles. The van der Waals surface area contributed by atoms with Gasteiger partial charge in [0.2, 0.25) is 0 Å². The molecule has 0 radical (unpaired) electrons. The third-order valence-corrected chi connectivity index (χ3v) is 4.93. The topological polar surface area (TPSA) is 17.3 Å². The normalized spacial score (nSPS) is 11.2. The lowest BCUT2D eigenvalue weighted by Crippen LogP contribution is -2.14. The number of hydrogen-bond donors (Lipinski definition) is 0. The van der Waals surface area contributed by atoms with Crippen molar-refractivity contribution < 1.29 is 0 Å². The van der Waals surface area contributed by atoms with Crippen LogP contribution < -0.4 is 4.80 Å². The number of rotatable bonds is 4. The molecule has 0 fully saturated rings. The maximum atomic E-state index is 6.00. The maximum absolute atomic E-state index is 6.00. The average Bonchev–Trinajstić information content (AvgIpc) is 2.94. The first-order valence-corrected chi connectivity index (χ1v) is 9.01. The Labute approximate surface area is 167 Å². The largest absolute Gasteiger partial charge is 0.313 e. The summed E-state index contributed by atoms with van der Waals surface area (Å²) in [4.78, 5) is 5.84. The van der Waals surface area contributed by atoms with Crippen molar-refractivity contribution in [3.05, 3.63) is 81.5 Å². The fourth-order valence-electron chi connectivity index (χ4n) is 2.61. The van der Waals surface area contributed by atoms with Crippen molar-refractivity contribution in [1.29, 1.82) is 0 Å². The summed E-state index contributed by atoms with van der Waals surface area (Å²) in [5.41, 5.74) is 5.68. The Morgan fingerprint density at radius 2 is 1.88 bits per heavy atom. The third kappa shape index (κ3) is 4.51. The van der Waals surface area contributed by atoms with E-state index in [0.717, 1.165) is 26.8 Å². The summed E-state index contributed by atoms with van der Waals surface area (Å²) in [5, 5.41) is 2.87. The molecule has 3 rings (SSSR count). The highest BCUT2D eigenvalue weighted by Gasteiger charge is 2.07. The molecule has 0 aliphatic carbocycles. The van der Waals surface area contributed by atoms with Crippen molar-refractivity contribution >= 4 is 45.6 Å². The zero-order valence-corrected chi connectivity index (χ0v) is 17.5. The Morgan fingerprint density at radius 1 is 1.16 bits per heavy atom. The van der Waals surface area contributed by atoms with E-state index in [-0.39, 0.29) is 17.0 Å². The zero-order chi connectivity index (χ0) is 17.1. The number of aromatic nitrogens is 1. The number of thiazole rings is 1. The van der Waals surface area contributed by atoms with Crippen molar-refractivity contribution in [3.63, 3.8) is 0 Å². The van der Waals surface area contributed by atoms with Crippen LogP contribution in [0.5, 0.6) is 0 Å². The Bertz CT molecular complexity index is 939. The van der Waals surface area contributed by atoms with Crippen LogP contribution in [0.4, 0.5) is 5.69 Å². The summed E-state index contributed by atoms with van der Waals surface area (Å²) in [5.74, 6) is 0. The third-order valence-electron chi connectivity index (χ3n) is 3.82. The molecule has 0 saturated carbocycles. The molecule has 5 heteroatoms. The quantitative estimate of drug-likeness (QED) is 0.417. The lowest BCUT2D eigenvalue weighted by molar-refractivity contribution is 0.800. The van der Waals surface area contributed by atoms with Crippen LogP contribution in [0.15, 0.2) is 65.5 Å². The van der Waals surface area contributed by atoms with Gasteiger partial charge in [-0.15, -0.1) is 34.9 Å². The van der Waals surface area contributed by atoms with Crippen molar-refractivity contribution in [1.82, 2.24) is 4.57 Å². The van der Waals surface area contributed by atoms with Gasteiger partial charge in [-0.1, -0.05) is 47.5 Å². The van der Waals surface area contributed by atoms with Gasteiger partial charge in [0.25, 0.3) is 0 Å². The van der Waals surface area contributed by atoms with Crippen molar-refractivity contribution in [3.8, 4) is 11.3 Å². The van der Waals surface area contributed by atoms with E-state index in [9.17, 15) is 0 Å². The van der Waals surface area contributed by atoms with Gasteiger partial charge in [0.15, 0.2) is 4.80 Å². The van der Waals surface area contributed by atoms with Crippen LogP contribution in [-0.2, 0) is 6.54 Å². The summed E-state index contributed by atoms with van der Waals surface area (Å²) in [6.07, 6.45) is 1.90. The second-order valence-corrected chi connectivity index (χ2v) is 6.98. The summed E-state index contributed by atoms with van der Waals surface area (Å²) >= 11 is 7.64. The maximum Gasteiger partial charge on any atom is 0.190 e. The molecule has 0 spiro atoms. The molecular weight excluding hydrogens is 416 g/mol. The summed E-state index contributed by atoms with van der Waals surface area (Å²) in [6.45, 7) is 8.79. The molecule has 0 amide bonds. The highest BCUT2D eigenvalue weighted by atomic mass is 79.9. The first-order chi connectivity index (χ1) is 11.6. The van der Waals surface area contributed by atoms with E-state index in [1.165, 1.54) is 11.1 Å². The predicted molar refractivity (Wildman–Crippen MR) is 114 cm³/mol. The van der Waals surface area contributed by atoms with Gasteiger partial charge in [-0.25, -0.2) is 4.99 Å². The van der Waals surface area contributed by atoms with E-state index in [4.69, 9.17) is 16.6 Å². The van der Waals surface area contributed by atoms with Gasteiger partial charge in [-0.2, -0.15) is 0 Å². The molecule has 2 nitrogen and oxygen atoms in total. The fourth-order valence-corrected chi connectivity index (χ4v) is 3.67. The van der Waals surface area contributed by atoms with E-state index < -0.39 is 0 Å². The fraction of sp³-hybridized carbons (Fsp3) is 0.150. The molecule has 130 valence electrons. The standard InChI is InChI=1S/C20H19ClN2S.BrH/c1-4-11-23-19(16-6-8-17(21)9-7-16)13-24-20(23)22-18-10-5-14(2)12-15(18)3;/h4-10,12-13H,1,11H2,2-3H3;1H. The molecule has 0 bridgehead atoms. The van der Waals surface area contributed by atoms with Crippen molar-refractivity contribution in [2.45, 2.75) is 20.4 Å². The minimum absolute atomic E-state index is 0. The monoisotopic (exact) mass is 434 g/mol. The molecule has 0 N–H and O–H groups in total. The van der Waals surface area contributed by atoms with Gasteiger partial charge in [-0.05, 0) is 43.2 Å². The number of hydrogen-bond acceptors (Lipinski definition) is 2. The second-order valence-electron chi connectivity index (χ2n) is 5.71. The van der Waals surface area contributed by atoms with Gasteiger partial charge >= 0.3 is 0 Å². The highest BCUT2D eigenvalue weighted by Crippen LogP contribution is 2.24. The van der Waals surface area contributed by atoms with Crippen LogP contribution in [0.1, 0.15) is 11.1 Å². The molecule has 0 aliphatic rings. The SMILES string of the molecule is Br.C=CCn1c(-c2ccc(Cl)cc2)csc1=Nc1ccc(C)cc1C. The van der Waals surface area contributed by atoms with Crippen LogP contribution in [0.3, 0.4) is 0 Å². The van der Waals surface area contributed by atoms with Gasteiger partial charge < -0.3 is 4.57 Å². The van der Waals surface area contributed by atoms with E-state index >= 15 is 0 Å². The molecule has 2 aromatic carbocycles. The van der Waals surface area contributed by atoms with Gasteiger partial charge in [0, 0.05) is 16.9 Å². The molecule has 1 heterocycles. The lowest BCUT2D eigenvalue weighted by Gasteiger charge is -2.07. The zero-order valence-electron chi connectivity index (χ0n) is 14.2. The first-order valence-electron chi connectivity index (χ1n) is 7.75. The summed E-state index contributed by atoms with van der Waals surface area (Å²) in [7, 11) is 0. The van der Waals surface area contributed by atoms with Crippen molar-refractivity contribution in [2.24, 2.45) is 4.99 Å². The number of nitrogens with zero attached hydrogens (tertiary/aromatic N) is 2. The summed E-state index contributed by atoms with van der Waals surface area (Å²) < 4.78 is 2.18. The molecule has 25 heavy (non-hydrogen) atoms. The number of benzene rings is 2. The van der Waals surface area contributed by atoms with Gasteiger partial charge in [-0.3, -0.25) is 0 Å². The predicted octanol–water partition coefficient (Wildman–Crippen LogP) is 6.48. The highest BCUT2D eigenvalue weighted by molar-refractivity contribution is 8.93. The van der Waals surface area contributed by atoms with Crippen LogP contribution in [0.2, 0.25) is 5.02 Å². The minimum Gasteiger partial charge on any atom is -0.313 e. The lowest BCUT2D eigenvalue weighted by atomic mass is 10.1. The Morgan fingerprint density at radius 3 is 2.52 bits per heavy atom. The van der Waals surface area contributed by atoms with E-state index in [1.54, 1.807) is 11.3 Å². The van der Waals surface area contributed by atoms with E-state index in [2.05, 4.69) is 48.6 Å². The first kappa shape index (κ1) is 19.7. The van der Waals surface area contributed by atoms with Crippen molar-refractivity contribution in [2.75, 3.05) is 0 Å². The Kier molecular flexibility index (Phi) is 6.82. The number of aryl methyl sites for hydroxylation is 2. The Hall–Kier alpha value is -1.62. The minimum atomic E-state index is 0. The van der Waals surface area contributed by atoms with Crippen LogP contribution in [-0.4, -0.2) is 4.57 Å².